The van der Waals surface area contributed by atoms with Gasteiger partial charge in [0.2, 0.25) is 0 Å². The van der Waals surface area contributed by atoms with Gasteiger partial charge >= 0.3 is 0 Å². The number of unbranched alkanes of at least 4 members (excludes halogenated alkanes) is 9. The van der Waals surface area contributed by atoms with Crippen LogP contribution in [0.2, 0.25) is 0 Å². The Kier molecular flexibility index (Phi) is 12.6. The summed E-state index contributed by atoms with van der Waals surface area (Å²) in [5.41, 5.74) is 0.733. The molecule has 1 radical (unpaired) electrons. The molecule has 2 aromatic rings. The standard InChI is InChI=1S/C23H34O3S.Na/c1-3-4-5-6-7-8-9-10-11-14-19-26-27(24,25)23-20(2)17-18-21-15-12-13-16-22(21)23;/h12-13,15-18H,3-11,14,19H2,1-2H3;. The monoisotopic (exact) mass is 413 g/mol. The van der Waals surface area contributed by atoms with Crippen molar-refractivity contribution >= 4 is 50.4 Å². The molecule has 151 valence electrons. The zero-order chi connectivity index (χ0) is 19.5. The predicted octanol–water partition coefficient (Wildman–Crippen LogP) is 6.39. The third-order valence-corrected chi connectivity index (χ3v) is 6.58. The first kappa shape index (κ1) is 25.6. The van der Waals surface area contributed by atoms with Crippen LogP contribution in [-0.4, -0.2) is 44.6 Å². The van der Waals surface area contributed by atoms with Gasteiger partial charge in [-0.1, -0.05) is 101 Å². The summed E-state index contributed by atoms with van der Waals surface area (Å²) in [4.78, 5) is 0.313. The van der Waals surface area contributed by atoms with E-state index in [0.29, 0.717) is 4.90 Å². The Labute approximate surface area is 193 Å². The van der Waals surface area contributed by atoms with Crippen LogP contribution in [0.5, 0.6) is 0 Å². The molecule has 2 aromatic carbocycles. The molecule has 0 spiro atoms. The van der Waals surface area contributed by atoms with E-state index in [1.165, 1.54) is 44.9 Å². The van der Waals surface area contributed by atoms with Gasteiger partial charge in [-0.05, 0) is 24.3 Å². The van der Waals surface area contributed by atoms with Crippen LogP contribution < -0.4 is 0 Å². The second-order valence-electron chi connectivity index (χ2n) is 7.39. The van der Waals surface area contributed by atoms with Crippen LogP contribution in [0, 0.1) is 6.92 Å². The van der Waals surface area contributed by atoms with Crippen LogP contribution in [-0.2, 0) is 14.3 Å². The third-order valence-electron chi connectivity index (χ3n) is 5.06. The number of hydrogen-bond acceptors (Lipinski definition) is 3. The first-order valence-electron chi connectivity index (χ1n) is 10.4. The minimum atomic E-state index is -3.73. The summed E-state index contributed by atoms with van der Waals surface area (Å²) in [7, 11) is -3.73. The summed E-state index contributed by atoms with van der Waals surface area (Å²) in [6, 6.07) is 11.3. The zero-order valence-corrected chi connectivity index (χ0v) is 20.7. The summed E-state index contributed by atoms with van der Waals surface area (Å²) in [5, 5.41) is 1.66. The molecule has 0 unspecified atom stereocenters. The van der Waals surface area contributed by atoms with Crippen molar-refractivity contribution in [3.63, 3.8) is 0 Å². The molecule has 0 aliphatic heterocycles. The fraction of sp³-hybridized carbons (Fsp3) is 0.565. The Balaban J connectivity index is 0.00000392. The number of hydrogen-bond donors (Lipinski definition) is 0. The zero-order valence-electron chi connectivity index (χ0n) is 17.9. The Bertz CT molecular complexity index is 803. The molecular formula is C23H34NaO3S. The van der Waals surface area contributed by atoms with Crippen molar-refractivity contribution < 1.29 is 12.6 Å². The van der Waals surface area contributed by atoms with Crippen LogP contribution in [0.4, 0.5) is 0 Å². The molecule has 0 N–H and O–H groups in total. The van der Waals surface area contributed by atoms with Gasteiger partial charge in [-0.3, -0.25) is 4.18 Å². The van der Waals surface area contributed by atoms with E-state index >= 15 is 0 Å². The van der Waals surface area contributed by atoms with Gasteiger partial charge in [0.15, 0.2) is 0 Å². The van der Waals surface area contributed by atoms with Crippen LogP contribution in [0.25, 0.3) is 10.8 Å². The molecule has 0 aliphatic carbocycles. The van der Waals surface area contributed by atoms with Crippen molar-refractivity contribution in [1.29, 1.82) is 0 Å². The second kappa shape index (κ2) is 13.8. The fourth-order valence-electron chi connectivity index (χ4n) is 3.50. The van der Waals surface area contributed by atoms with Crippen molar-refractivity contribution in [3.8, 4) is 0 Å². The molecule has 28 heavy (non-hydrogen) atoms. The summed E-state index contributed by atoms with van der Waals surface area (Å²) in [6.07, 6.45) is 12.2. The molecule has 0 saturated heterocycles. The van der Waals surface area contributed by atoms with Crippen molar-refractivity contribution in [3.05, 3.63) is 42.0 Å². The van der Waals surface area contributed by atoms with Crippen LogP contribution in [0.1, 0.15) is 76.7 Å². The Morgan fingerprint density at radius 3 is 2.00 bits per heavy atom. The van der Waals surface area contributed by atoms with E-state index in [0.717, 1.165) is 35.6 Å². The molecule has 0 heterocycles. The quantitative estimate of drug-likeness (QED) is 0.217. The molecule has 0 saturated carbocycles. The summed E-state index contributed by atoms with van der Waals surface area (Å²) in [5.74, 6) is 0. The molecule has 0 bridgehead atoms. The third kappa shape index (κ3) is 8.16. The average molecular weight is 414 g/mol. The van der Waals surface area contributed by atoms with Gasteiger partial charge in [0.1, 0.15) is 4.90 Å². The van der Waals surface area contributed by atoms with Crippen LogP contribution >= 0.6 is 0 Å². The average Bonchev–Trinajstić information content (AvgIpc) is 2.65. The minimum absolute atomic E-state index is 0. The van der Waals surface area contributed by atoms with E-state index in [4.69, 9.17) is 4.18 Å². The van der Waals surface area contributed by atoms with E-state index in [-0.39, 0.29) is 36.2 Å². The largest absolute Gasteiger partial charge is 0.297 e. The molecule has 0 atom stereocenters. The van der Waals surface area contributed by atoms with Gasteiger partial charge in [0.05, 0.1) is 6.61 Å². The van der Waals surface area contributed by atoms with E-state index in [1.807, 2.05) is 43.3 Å². The van der Waals surface area contributed by atoms with E-state index < -0.39 is 10.1 Å². The number of fused-ring (bicyclic) bond motifs is 1. The van der Waals surface area contributed by atoms with Gasteiger partial charge in [-0.2, -0.15) is 8.42 Å². The SMILES string of the molecule is CCCCCCCCCCCCOS(=O)(=O)c1c(C)ccc2ccccc12.[Na]. The van der Waals surface area contributed by atoms with Gasteiger partial charge in [-0.25, -0.2) is 0 Å². The van der Waals surface area contributed by atoms with Crippen molar-refractivity contribution in [2.75, 3.05) is 6.61 Å². The summed E-state index contributed by atoms with van der Waals surface area (Å²) >= 11 is 0. The molecule has 0 aliphatic rings. The van der Waals surface area contributed by atoms with Crippen molar-refractivity contribution in [1.82, 2.24) is 0 Å². The molecular weight excluding hydrogens is 379 g/mol. The fourth-order valence-corrected chi connectivity index (χ4v) is 4.87. The molecule has 0 amide bonds. The smallest absolute Gasteiger partial charge is 0.266 e. The minimum Gasteiger partial charge on any atom is -0.266 e. The number of rotatable bonds is 13. The maximum Gasteiger partial charge on any atom is 0.297 e. The first-order chi connectivity index (χ1) is 13.1. The molecule has 2 rings (SSSR count). The van der Waals surface area contributed by atoms with E-state index in [2.05, 4.69) is 6.92 Å². The molecule has 0 fully saturated rings. The normalized spacial score (nSPS) is 11.5. The van der Waals surface area contributed by atoms with Crippen molar-refractivity contribution in [2.45, 2.75) is 83.0 Å². The van der Waals surface area contributed by atoms with Gasteiger partial charge in [0, 0.05) is 34.9 Å². The Morgan fingerprint density at radius 2 is 1.36 bits per heavy atom. The second-order valence-corrected chi connectivity index (χ2v) is 8.94. The van der Waals surface area contributed by atoms with Gasteiger partial charge in [0.25, 0.3) is 10.1 Å². The summed E-state index contributed by atoms with van der Waals surface area (Å²) < 4.78 is 30.8. The summed E-state index contributed by atoms with van der Waals surface area (Å²) in [6.45, 7) is 4.33. The molecule has 5 heteroatoms. The van der Waals surface area contributed by atoms with Gasteiger partial charge in [-0.15, -0.1) is 0 Å². The van der Waals surface area contributed by atoms with Crippen LogP contribution in [0.15, 0.2) is 41.3 Å². The Morgan fingerprint density at radius 1 is 0.786 bits per heavy atom. The maximum atomic E-state index is 12.7. The predicted molar refractivity (Wildman–Crippen MR) is 119 cm³/mol. The number of benzene rings is 2. The molecule has 0 aromatic heterocycles. The van der Waals surface area contributed by atoms with Crippen LogP contribution in [0.3, 0.4) is 0 Å². The number of aryl methyl sites for hydroxylation is 1. The molecule has 3 nitrogen and oxygen atoms in total. The topological polar surface area (TPSA) is 43.4 Å². The van der Waals surface area contributed by atoms with E-state index in [9.17, 15) is 8.42 Å². The maximum absolute atomic E-state index is 12.7. The van der Waals surface area contributed by atoms with Crippen molar-refractivity contribution in [2.24, 2.45) is 0 Å². The first-order valence-corrected chi connectivity index (χ1v) is 11.8. The Hall–Kier alpha value is -0.390. The van der Waals surface area contributed by atoms with Gasteiger partial charge < -0.3 is 0 Å². The van der Waals surface area contributed by atoms with E-state index in [1.54, 1.807) is 0 Å².